The first-order chi connectivity index (χ1) is 14.9. The summed E-state index contributed by atoms with van der Waals surface area (Å²) in [5, 5.41) is 4.05. The van der Waals surface area contributed by atoms with E-state index < -0.39 is 0 Å². The van der Waals surface area contributed by atoms with Crippen molar-refractivity contribution < 1.29 is 14.1 Å². The number of likely N-dealkylation sites (tertiary alicyclic amines) is 1. The van der Waals surface area contributed by atoms with Crippen LogP contribution in [0.1, 0.15) is 57.7 Å². The molecule has 1 amide bonds. The molecule has 31 heavy (non-hydrogen) atoms. The maximum atomic E-state index is 14.2. The zero-order chi connectivity index (χ0) is 22.0. The normalized spacial score (nSPS) is 19.7. The number of hydrogen-bond donors (Lipinski definition) is 2. The van der Waals surface area contributed by atoms with Crippen molar-refractivity contribution in [3.05, 3.63) is 87.5 Å². The molecular formula is C26H30FN2OS+. The highest BCUT2D eigenvalue weighted by Crippen LogP contribution is 2.39. The van der Waals surface area contributed by atoms with E-state index in [2.05, 4.69) is 26.1 Å². The summed E-state index contributed by atoms with van der Waals surface area (Å²) >= 11 is 1.62. The monoisotopic (exact) mass is 437 g/mol. The molecule has 1 atom stereocenters. The average molecular weight is 438 g/mol. The number of carbonyl (C=O) groups excluding carboxylic acids is 1. The van der Waals surface area contributed by atoms with E-state index in [-0.39, 0.29) is 17.8 Å². The van der Waals surface area contributed by atoms with Crippen LogP contribution in [0.4, 0.5) is 9.39 Å². The van der Waals surface area contributed by atoms with E-state index in [1.54, 1.807) is 23.5 Å². The summed E-state index contributed by atoms with van der Waals surface area (Å²) < 4.78 is 14.2. The van der Waals surface area contributed by atoms with Crippen LogP contribution in [0.15, 0.2) is 54.6 Å². The van der Waals surface area contributed by atoms with Crippen molar-refractivity contribution in [2.75, 3.05) is 18.4 Å². The summed E-state index contributed by atoms with van der Waals surface area (Å²) in [6.45, 7) is 8.61. The zero-order valence-electron chi connectivity index (χ0n) is 18.4. The number of halogens is 1. The molecule has 0 radical (unpaired) electrons. The van der Waals surface area contributed by atoms with Crippen molar-refractivity contribution in [1.29, 1.82) is 0 Å². The standard InChI is InChI=1S/C26H29FN2OS/c1-17-12-14-29(15-13-17)24(21-10-7-11-22(27)16-21)23-18(2)19(3)31-26(23)28-25(30)20-8-5-4-6-9-20/h4-11,16-17,24H,12-15H2,1-3H3,(H,28,30)/p+1/t24-/m0/s1. The fraction of sp³-hybridized carbons (Fsp3) is 0.346. The minimum atomic E-state index is -0.216. The number of anilines is 1. The van der Waals surface area contributed by atoms with Crippen molar-refractivity contribution in [3.8, 4) is 0 Å². The van der Waals surface area contributed by atoms with Crippen LogP contribution < -0.4 is 10.2 Å². The number of thiophene rings is 1. The van der Waals surface area contributed by atoms with Crippen LogP contribution in [-0.2, 0) is 0 Å². The highest BCUT2D eigenvalue weighted by Gasteiger charge is 2.34. The number of rotatable bonds is 5. The quantitative estimate of drug-likeness (QED) is 0.568. The first kappa shape index (κ1) is 21.7. The lowest BCUT2D eigenvalue weighted by molar-refractivity contribution is -0.931. The fourth-order valence-electron chi connectivity index (χ4n) is 4.56. The second-order valence-electron chi connectivity index (χ2n) is 8.67. The van der Waals surface area contributed by atoms with Gasteiger partial charge in [0.25, 0.3) is 5.91 Å². The second-order valence-corrected chi connectivity index (χ2v) is 9.90. The molecule has 2 N–H and O–H groups in total. The van der Waals surface area contributed by atoms with Crippen LogP contribution in [-0.4, -0.2) is 19.0 Å². The smallest absolute Gasteiger partial charge is 0.256 e. The number of aryl methyl sites for hydroxylation is 1. The minimum absolute atomic E-state index is 0.000719. The van der Waals surface area contributed by atoms with Crippen LogP contribution in [0.3, 0.4) is 0 Å². The Bertz CT molecular complexity index is 1050. The molecule has 1 fully saturated rings. The first-order valence-corrected chi connectivity index (χ1v) is 11.8. The van der Waals surface area contributed by atoms with Crippen LogP contribution >= 0.6 is 11.3 Å². The van der Waals surface area contributed by atoms with E-state index in [1.165, 1.54) is 21.4 Å². The summed E-state index contributed by atoms with van der Waals surface area (Å²) in [7, 11) is 0. The molecule has 1 aliphatic heterocycles. The molecule has 2 aromatic carbocycles. The molecule has 5 heteroatoms. The number of quaternary nitrogens is 1. The molecule has 4 rings (SSSR count). The SMILES string of the molecule is Cc1sc(NC(=O)c2ccccc2)c([C@H](c2cccc(F)c2)[NH+]2CCC(C)CC2)c1C. The van der Waals surface area contributed by atoms with E-state index >= 15 is 0 Å². The maximum Gasteiger partial charge on any atom is 0.256 e. The van der Waals surface area contributed by atoms with E-state index in [1.807, 2.05) is 36.4 Å². The van der Waals surface area contributed by atoms with E-state index in [4.69, 9.17) is 0 Å². The molecular weight excluding hydrogens is 407 g/mol. The Hall–Kier alpha value is -2.50. The molecule has 0 spiro atoms. The topological polar surface area (TPSA) is 33.5 Å². The number of benzene rings is 2. The third kappa shape index (κ3) is 4.73. The van der Waals surface area contributed by atoms with Crippen molar-refractivity contribution in [2.24, 2.45) is 5.92 Å². The van der Waals surface area contributed by atoms with Crippen LogP contribution in [0, 0.1) is 25.6 Å². The van der Waals surface area contributed by atoms with Crippen LogP contribution in [0.5, 0.6) is 0 Å². The van der Waals surface area contributed by atoms with Gasteiger partial charge in [0.2, 0.25) is 0 Å². The Morgan fingerprint density at radius 2 is 1.81 bits per heavy atom. The molecule has 0 saturated carbocycles. The summed E-state index contributed by atoms with van der Waals surface area (Å²) in [6, 6.07) is 16.3. The van der Waals surface area contributed by atoms with Gasteiger partial charge in [0.1, 0.15) is 16.9 Å². The van der Waals surface area contributed by atoms with Gasteiger partial charge in [0, 0.05) is 16.0 Å². The molecule has 0 aliphatic carbocycles. The van der Waals surface area contributed by atoms with Gasteiger partial charge in [-0.25, -0.2) is 4.39 Å². The van der Waals surface area contributed by atoms with Gasteiger partial charge in [-0.3, -0.25) is 4.79 Å². The van der Waals surface area contributed by atoms with Gasteiger partial charge in [-0.05, 0) is 62.4 Å². The number of piperidine rings is 1. The van der Waals surface area contributed by atoms with Crippen LogP contribution in [0.25, 0.3) is 0 Å². The highest BCUT2D eigenvalue weighted by molar-refractivity contribution is 7.16. The molecule has 0 unspecified atom stereocenters. The predicted molar refractivity (Wildman–Crippen MR) is 126 cm³/mol. The Labute approximate surface area is 187 Å². The third-order valence-electron chi connectivity index (χ3n) is 6.49. The van der Waals surface area contributed by atoms with Gasteiger partial charge in [-0.2, -0.15) is 0 Å². The molecule has 1 aromatic heterocycles. The zero-order valence-corrected chi connectivity index (χ0v) is 19.2. The Balaban J connectivity index is 1.76. The minimum Gasteiger partial charge on any atom is -0.325 e. The van der Waals surface area contributed by atoms with Gasteiger partial charge in [0.05, 0.1) is 18.7 Å². The lowest BCUT2D eigenvalue weighted by atomic mass is 9.91. The van der Waals surface area contributed by atoms with E-state index in [0.717, 1.165) is 48.0 Å². The fourth-order valence-corrected chi connectivity index (χ4v) is 5.66. The van der Waals surface area contributed by atoms with Crippen molar-refractivity contribution in [3.63, 3.8) is 0 Å². The largest absolute Gasteiger partial charge is 0.325 e. The van der Waals surface area contributed by atoms with Gasteiger partial charge in [-0.15, -0.1) is 11.3 Å². The Kier molecular flexibility index (Phi) is 6.54. The lowest BCUT2D eigenvalue weighted by Crippen LogP contribution is -3.13. The van der Waals surface area contributed by atoms with Crippen molar-refractivity contribution >= 4 is 22.2 Å². The molecule has 162 valence electrons. The summed E-state index contributed by atoms with van der Waals surface area (Å²) in [5.41, 5.74) is 3.93. The predicted octanol–water partition coefficient (Wildman–Crippen LogP) is 5.16. The molecule has 0 bridgehead atoms. The number of nitrogens with one attached hydrogen (secondary N) is 2. The number of amides is 1. The molecule has 1 aliphatic rings. The van der Waals surface area contributed by atoms with Crippen LogP contribution in [0.2, 0.25) is 0 Å². The molecule has 1 saturated heterocycles. The Morgan fingerprint density at radius 1 is 1.10 bits per heavy atom. The maximum absolute atomic E-state index is 14.2. The van der Waals surface area contributed by atoms with Gasteiger partial charge >= 0.3 is 0 Å². The second kappa shape index (κ2) is 9.33. The molecule has 3 nitrogen and oxygen atoms in total. The molecule has 3 aromatic rings. The number of carbonyl (C=O) groups is 1. The summed E-state index contributed by atoms with van der Waals surface area (Å²) in [6.07, 6.45) is 2.32. The van der Waals surface area contributed by atoms with Crippen molar-refractivity contribution in [1.82, 2.24) is 0 Å². The average Bonchev–Trinajstić information content (AvgIpc) is 3.04. The Morgan fingerprint density at radius 3 is 2.48 bits per heavy atom. The van der Waals surface area contributed by atoms with E-state index in [9.17, 15) is 9.18 Å². The third-order valence-corrected chi connectivity index (χ3v) is 7.63. The van der Waals surface area contributed by atoms with E-state index in [0.29, 0.717) is 5.56 Å². The van der Waals surface area contributed by atoms with Crippen molar-refractivity contribution in [2.45, 2.75) is 39.7 Å². The highest BCUT2D eigenvalue weighted by atomic mass is 32.1. The summed E-state index contributed by atoms with van der Waals surface area (Å²) in [5.74, 6) is 0.398. The van der Waals surface area contributed by atoms with Gasteiger partial charge in [-0.1, -0.05) is 37.3 Å². The molecule has 2 heterocycles. The lowest BCUT2D eigenvalue weighted by Gasteiger charge is -2.34. The first-order valence-electron chi connectivity index (χ1n) is 11.0. The van der Waals surface area contributed by atoms with Gasteiger partial charge < -0.3 is 10.2 Å². The van der Waals surface area contributed by atoms with Gasteiger partial charge in [0.15, 0.2) is 0 Å². The summed E-state index contributed by atoms with van der Waals surface area (Å²) in [4.78, 5) is 15.6. The number of hydrogen-bond acceptors (Lipinski definition) is 2.